The second-order valence-electron chi connectivity index (χ2n) is 3.46. The Morgan fingerprint density at radius 1 is 1.33 bits per heavy atom. The van der Waals surface area contributed by atoms with Gasteiger partial charge in [-0.15, -0.1) is 0 Å². The average molecular weight is 224 g/mol. The Labute approximate surface area is 94.8 Å². The molecule has 1 fully saturated rings. The number of nitrogens with zero attached hydrogens (tertiary/aromatic N) is 1. The molecule has 1 saturated heterocycles. The van der Waals surface area contributed by atoms with Crippen molar-refractivity contribution in [3.8, 4) is 0 Å². The summed E-state index contributed by atoms with van der Waals surface area (Å²) in [6.07, 6.45) is 0. The smallest absolute Gasteiger partial charge is 0.0636 e. The summed E-state index contributed by atoms with van der Waals surface area (Å²) in [7, 11) is 1.63. The summed E-state index contributed by atoms with van der Waals surface area (Å²) >= 11 is 2.03. The Kier molecular flexibility index (Phi) is 3.75. The van der Waals surface area contributed by atoms with Crippen molar-refractivity contribution in [2.24, 2.45) is 0 Å². The Balaban J connectivity index is 2.09. The summed E-state index contributed by atoms with van der Waals surface area (Å²) in [6, 6.07) is 8.33. The third-order valence-corrected chi connectivity index (χ3v) is 3.38. The second kappa shape index (κ2) is 5.28. The van der Waals surface area contributed by atoms with E-state index in [2.05, 4.69) is 28.6 Å². The lowest BCUT2D eigenvalue weighted by Gasteiger charge is -2.28. The van der Waals surface area contributed by atoms with Crippen LogP contribution in [0.25, 0.3) is 0 Å². The SMILES string of the molecule is CONc1cccc(N2CCSCC2)c1. The maximum Gasteiger partial charge on any atom is 0.0636 e. The first kappa shape index (κ1) is 10.6. The molecule has 0 aliphatic carbocycles. The van der Waals surface area contributed by atoms with Crippen molar-refractivity contribution in [1.82, 2.24) is 0 Å². The summed E-state index contributed by atoms with van der Waals surface area (Å²) < 4.78 is 0. The first-order chi connectivity index (χ1) is 7.40. The molecule has 0 atom stereocenters. The van der Waals surface area contributed by atoms with Crippen LogP contribution in [0, 0.1) is 0 Å². The van der Waals surface area contributed by atoms with Gasteiger partial charge in [0.25, 0.3) is 0 Å². The molecule has 1 aromatic rings. The van der Waals surface area contributed by atoms with Gasteiger partial charge in [-0.25, -0.2) is 0 Å². The van der Waals surface area contributed by atoms with Gasteiger partial charge in [-0.05, 0) is 18.2 Å². The zero-order valence-corrected chi connectivity index (χ0v) is 9.72. The number of nitrogens with one attached hydrogen (secondary N) is 1. The van der Waals surface area contributed by atoms with E-state index in [-0.39, 0.29) is 0 Å². The molecule has 0 bridgehead atoms. The summed E-state index contributed by atoms with van der Waals surface area (Å²) in [6.45, 7) is 2.28. The molecule has 1 aliphatic rings. The highest BCUT2D eigenvalue weighted by Crippen LogP contribution is 2.22. The van der Waals surface area contributed by atoms with Crippen molar-refractivity contribution in [3.05, 3.63) is 24.3 Å². The monoisotopic (exact) mass is 224 g/mol. The molecule has 2 rings (SSSR count). The lowest BCUT2D eigenvalue weighted by molar-refractivity contribution is 0.271. The van der Waals surface area contributed by atoms with E-state index in [4.69, 9.17) is 4.84 Å². The molecule has 82 valence electrons. The van der Waals surface area contributed by atoms with Crippen LogP contribution in [0.3, 0.4) is 0 Å². The maximum absolute atomic E-state index is 4.90. The third kappa shape index (κ3) is 2.79. The molecule has 15 heavy (non-hydrogen) atoms. The zero-order chi connectivity index (χ0) is 10.5. The topological polar surface area (TPSA) is 24.5 Å². The Bertz CT molecular complexity index is 313. The fourth-order valence-corrected chi connectivity index (χ4v) is 2.61. The van der Waals surface area contributed by atoms with Crippen molar-refractivity contribution in [2.45, 2.75) is 0 Å². The van der Waals surface area contributed by atoms with Gasteiger partial charge in [-0.1, -0.05) is 6.07 Å². The minimum absolute atomic E-state index is 1.01. The summed E-state index contributed by atoms with van der Waals surface area (Å²) in [5.74, 6) is 2.45. The molecule has 0 radical (unpaired) electrons. The molecule has 1 aliphatic heterocycles. The molecule has 1 heterocycles. The predicted molar refractivity (Wildman–Crippen MR) is 66.6 cm³/mol. The van der Waals surface area contributed by atoms with Crippen molar-refractivity contribution in [3.63, 3.8) is 0 Å². The van der Waals surface area contributed by atoms with Gasteiger partial charge in [0.05, 0.1) is 12.8 Å². The predicted octanol–water partition coefficient (Wildman–Crippen LogP) is 2.21. The standard InChI is InChI=1S/C11H16N2OS/c1-14-12-10-3-2-4-11(9-10)13-5-7-15-8-6-13/h2-4,9,12H,5-8H2,1H3. The largest absolute Gasteiger partial charge is 0.370 e. The van der Waals surface area contributed by atoms with Gasteiger partial charge in [0.1, 0.15) is 0 Å². The van der Waals surface area contributed by atoms with E-state index in [9.17, 15) is 0 Å². The lowest BCUT2D eigenvalue weighted by Crippen LogP contribution is -2.32. The van der Waals surface area contributed by atoms with E-state index < -0.39 is 0 Å². The molecular weight excluding hydrogens is 208 g/mol. The summed E-state index contributed by atoms with van der Waals surface area (Å²) in [5.41, 5.74) is 5.14. The minimum Gasteiger partial charge on any atom is -0.370 e. The highest BCUT2D eigenvalue weighted by molar-refractivity contribution is 7.99. The molecule has 0 aromatic heterocycles. The normalized spacial score (nSPS) is 16.5. The van der Waals surface area contributed by atoms with Crippen LogP contribution in [0.4, 0.5) is 11.4 Å². The summed E-state index contributed by atoms with van der Waals surface area (Å²) in [4.78, 5) is 7.31. The number of hydrogen-bond acceptors (Lipinski definition) is 4. The van der Waals surface area contributed by atoms with Crippen molar-refractivity contribution < 1.29 is 4.84 Å². The first-order valence-corrected chi connectivity index (χ1v) is 6.27. The van der Waals surface area contributed by atoms with Crippen LogP contribution in [0.5, 0.6) is 0 Å². The molecule has 1 aromatic carbocycles. The maximum atomic E-state index is 4.90. The van der Waals surface area contributed by atoms with Gasteiger partial charge < -0.3 is 4.90 Å². The van der Waals surface area contributed by atoms with E-state index >= 15 is 0 Å². The Hall–Kier alpha value is -0.870. The minimum atomic E-state index is 1.01. The van der Waals surface area contributed by atoms with E-state index in [1.54, 1.807) is 7.11 Å². The lowest BCUT2D eigenvalue weighted by atomic mass is 10.2. The van der Waals surface area contributed by atoms with Gasteiger partial charge in [-0.2, -0.15) is 11.8 Å². The number of rotatable bonds is 3. The molecule has 4 heteroatoms. The Morgan fingerprint density at radius 2 is 2.13 bits per heavy atom. The molecule has 0 saturated carbocycles. The van der Waals surface area contributed by atoms with Gasteiger partial charge in [0, 0.05) is 30.3 Å². The molecule has 0 spiro atoms. The van der Waals surface area contributed by atoms with Crippen LogP contribution in [0.2, 0.25) is 0 Å². The average Bonchev–Trinajstić information content (AvgIpc) is 2.31. The molecular formula is C11H16N2OS. The van der Waals surface area contributed by atoms with Gasteiger partial charge in [0.2, 0.25) is 0 Å². The number of benzene rings is 1. The van der Waals surface area contributed by atoms with Crippen LogP contribution >= 0.6 is 11.8 Å². The fourth-order valence-electron chi connectivity index (χ4n) is 1.71. The zero-order valence-electron chi connectivity index (χ0n) is 8.90. The molecule has 0 unspecified atom stereocenters. The number of thioether (sulfide) groups is 1. The van der Waals surface area contributed by atoms with E-state index in [1.807, 2.05) is 17.8 Å². The van der Waals surface area contributed by atoms with Gasteiger partial charge >= 0.3 is 0 Å². The van der Waals surface area contributed by atoms with Crippen LogP contribution in [0.1, 0.15) is 0 Å². The van der Waals surface area contributed by atoms with Crippen LogP contribution in [0.15, 0.2) is 24.3 Å². The van der Waals surface area contributed by atoms with E-state index in [0.29, 0.717) is 0 Å². The third-order valence-electron chi connectivity index (χ3n) is 2.44. The van der Waals surface area contributed by atoms with Crippen LogP contribution in [-0.2, 0) is 4.84 Å². The van der Waals surface area contributed by atoms with Crippen molar-refractivity contribution in [2.75, 3.05) is 42.1 Å². The van der Waals surface area contributed by atoms with E-state index in [0.717, 1.165) is 18.8 Å². The van der Waals surface area contributed by atoms with Crippen molar-refractivity contribution >= 4 is 23.1 Å². The van der Waals surface area contributed by atoms with Gasteiger partial charge in [0.15, 0.2) is 0 Å². The fraction of sp³-hybridized carbons (Fsp3) is 0.455. The number of hydrogen-bond donors (Lipinski definition) is 1. The van der Waals surface area contributed by atoms with Crippen molar-refractivity contribution in [1.29, 1.82) is 0 Å². The molecule has 0 amide bonds. The van der Waals surface area contributed by atoms with Gasteiger partial charge in [-0.3, -0.25) is 10.3 Å². The van der Waals surface area contributed by atoms with E-state index in [1.165, 1.54) is 17.2 Å². The quantitative estimate of drug-likeness (QED) is 0.796. The number of anilines is 2. The molecule has 1 N–H and O–H groups in total. The summed E-state index contributed by atoms with van der Waals surface area (Å²) in [5, 5.41) is 0. The highest BCUT2D eigenvalue weighted by Gasteiger charge is 2.10. The van der Waals surface area contributed by atoms with Crippen LogP contribution in [-0.4, -0.2) is 31.7 Å². The first-order valence-electron chi connectivity index (χ1n) is 5.12. The second-order valence-corrected chi connectivity index (χ2v) is 4.68. The Morgan fingerprint density at radius 3 is 2.87 bits per heavy atom. The molecule has 3 nitrogen and oxygen atoms in total. The highest BCUT2D eigenvalue weighted by atomic mass is 32.2. The van der Waals surface area contributed by atoms with Crippen LogP contribution < -0.4 is 10.4 Å².